The van der Waals surface area contributed by atoms with Crippen molar-refractivity contribution in [2.75, 3.05) is 32.7 Å². The summed E-state index contributed by atoms with van der Waals surface area (Å²) in [4.78, 5) is 27.5. The topological polar surface area (TPSA) is 52.7 Å². The summed E-state index contributed by atoms with van der Waals surface area (Å²) in [6, 6.07) is 3.03. The Balaban J connectivity index is 1.89. The van der Waals surface area contributed by atoms with Crippen molar-refractivity contribution in [1.82, 2.24) is 15.1 Å². The van der Waals surface area contributed by atoms with Gasteiger partial charge in [-0.05, 0) is 26.0 Å². The molecule has 0 aromatic heterocycles. The number of rotatable bonds is 4. The molecule has 1 saturated heterocycles. The Kier molecular flexibility index (Phi) is 5.65. The Morgan fingerprint density at radius 2 is 1.83 bits per heavy atom. The molecule has 0 aliphatic carbocycles. The third kappa shape index (κ3) is 4.72. The third-order valence-electron chi connectivity index (χ3n) is 3.64. The van der Waals surface area contributed by atoms with Gasteiger partial charge in [0, 0.05) is 38.3 Å². The molecule has 2 rings (SSSR count). The molecule has 7 heteroatoms. The minimum Gasteiger partial charge on any atom is -0.353 e. The second-order valence-corrected chi connectivity index (χ2v) is 5.91. The first-order chi connectivity index (χ1) is 10.9. The number of benzene rings is 1. The summed E-state index contributed by atoms with van der Waals surface area (Å²) < 4.78 is 26.6. The minimum atomic E-state index is -0.853. The molecule has 126 valence electrons. The van der Waals surface area contributed by atoms with Crippen LogP contribution < -0.4 is 5.32 Å². The normalized spacial score (nSPS) is 15.8. The number of hydrogen-bond donors (Lipinski definition) is 1. The third-order valence-corrected chi connectivity index (χ3v) is 3.64. The number of amides is 2. The van der Waals surface area contributed by atoms with Gasteiger partial charge < -0.3 is 10.2 Å². The molecule has 1 heterocycles. The number of hydrogen-bond acceptors (Lipinski definition) is 3. The maximum absolute atomic E-state index is 13.7. The van der Waals surface area contributed by atoms with Gasteiger partial charge in [0.25, 0.3) is 5.91 Å². The largest absolute Gasteiger partial charge is 0.353 e. The van der Waals surface area contributed by atoms with Crippen molar-refractivity contribution in [3.8, 4) is 0 Å². The van der Waals surface area contributed by atoms with Gasteiger partial charge in [-0.15, -0.1) is 0 Å². The second kappa shape index (κ2) is 7.50. The van der Waals surface area contributed by atoms with E-state index in [-0.39, 0.29) is 24.1 Å². The first-order valence-corrected chi connectivity index (χ1v) is 7.63. The Morgan fingerprint density at radius 1 is 1.17 bits per heavy atom. The Labute approximate surface area is 134 Å². The van der Waals surface area contributed by atoms with Crippen LogP contribution in [0.4, 0.5) is 8.78 Å². The molecule has 1 N–H and O–H groups in total. The van der Waals surface area contributed by atoms with Crippen LogP contribution in [0.1, 0.15) is 24.2 Å². The van der Waals surface area contributed by atoms with Gasteiger partial charge in [-0.25, -0.2) is 8.78 Å². The fourth-order valence-electron chi connectivity index (χ4n) is 2.51. The molecule has 23 heavy (non-hydrogen) atoms. The molecule has 1 aromatic rings. The average molecular weight is 325 g/mol. The molecule has 2 amide bonds. The molecule has 1 fully saturated rings. The van der Waals surface area contributed by atoms with Crippen LogP contribution >= 0.6 is 0 Å². The molecule has 1 aliphatic heterocycles. The van der Waals surface area contributed by atoms with Crippen LogP contribution in [0.25, 0.3) is 0 Å². The monoisotopic (exact) mass is 325 g/mol. The Bertz CT molecular complexity index is 585. The van der Waals surface area contributed by atoms with Crippen LogP contribution in [0.2, 0.25) is 0 Å². The summed E-state index contributed by atoms with van der Waals surface area (Å²) in [6.45, 7) is 5.97. The first-order valence-electron chi connectivity index (χ1n) is 7.63. The molecule has 0 atom stereocenters. The zero-order valence-electron chi connectivity index (χ0n) is 13.3. The van der Waals surface area contributed by atoms with E-state index >= 15 is 0 Å². The standard InChI is InChI=1S/C16H21F2N3O2/c1-11(2)19-15(22)10-20-5-7-21(8-6-20)16(23)13-4-3-12(17)9-14(13)18/h3-4,9,11H,5-8,10H2,1-2H3,(H,19,22). The minimum absolute atomic E-state index is 0.0515. The fraction of sp³-hybridized carbons (Fsp3) is 0.500. The van der Waals surface area contributed by atoms with Crippen LogP contribution in [-0.2, 0) is 4.79 Å². The van der Waals surface area contributed by atoms with E-state index in [1.54, 1.807) is 0 Å². The lowest BCUT2D eigenvalue weighted by molar-refractivity contribution is -0.123. The summed E-state index contributed by atoms with van der Waals surface area (Å²) in [5, 5.41) is 2.82. The van der Waals surface area contributed by atoms with Gasteiger partial charge in [-0.3, -0.25) is 14.5 Å². The predicted octanol–water partition coefficient (Wildman–Crippen LogP) is 1.25. The highest BCUT2D eigenvalue weighted by Gasteiger charge is 2.25. The van der Waals surface area contributed by atoms with Crippen molar-refractivity contribution in [3.63, 3.8) is 0 Å². The van der Waals surface area contributed by atoms with E-state index in [9.17, 15) is 18.4 Å². The van der Waals surface area contributed by atoms with Gasteiger partial charge >= 0.3 is 0 Å². The average Bonchev–Trinajstić information content (AvgIpc) is 2.46. The predicted molar refractivity (Wildman–Crippen MR) is 82.0 cm³/mol. The van der Waals surface area contributed by atoms with Crippen LogP contribution in [0.3, 0.4) is 0 Å². The van der Waals surface area contributed by atoms with Crippen LogP contribution in [-0.4, -0.2) is 60.4 Å². The number of carbonyl (C=O) groups excluding carboxylic acids is 2. The molecule has 5 nitrogen and oxygen atoms in total. The number of nitrogens with one attached hydrogen (secondary N) is 1. The van der Waals surface area contributed by atoms with Gasteiger partial charge in [-0.1, -0.05) is 0 Å². The van der Waals surface area contributed by atoms with Gasteiger partial charge in [0.1, 0.15) is 11.6 Å². The van der Waals surface area contributed by atoms with Gasteiger partial charge in [0.15, 0.2) is 0 Å². The molecule has 0 spiro atoms. The second-order valence-electron chi connectivity index (χ2n) is 5.91. The Morgan fingerprint density at radius 3 is 2.39 bits per heavy atom. The van der Waals surface area contributed by atoms with E-state index in [1.165, 1.54) is 4.90 Å². The molecule has 1 aromatic carbocycles. The lowest BCUT2D eigenvalue weighted by atomic mass is 10.1. The zero-order valence-corrected chi connectivity index (χ0v) is 13.3. The van der Waals surface area contributed by atoms with E-state index in [2.05, 4.69) is 5.32 Å². The maximum atomic E-state index is 13.7. The molecule has 0 radical (unpaired) electrons. The molecular weight excluding hydrogens is 304 g/mol. The van der Waals surface area contributed by atoms with Crippen molar-refractivity contribution >= 4 is 11.8 Å². The van der Waals surface area contributed by atoms with E-state index in [0.717, 1.165) is 12.1 Å². The van der Waals surface area contributed by atoms with Crippen molar-refractivity contribution in [1.29, 1.82) is 0 Å². The molecular formula is C16H21F2N3O2. The van der Waals surface area contributed by atoms with E-state index in [1.807, 2.05) is 18.7 Å². The lowest BCUT2D eigenvalue weighted by Gasteiger charge is -2.34. The molecule has 1 aliphatic rings. The molecule has 0 bridgehead atoms. The van der Waals surface area contributed by atoms with E-state index in [4.69, 9.17) is 0 Å². The van der Waals surface area contributed by atoms with Crippen LogP contribution in [0, 0.1) is 11.6 Å². The number of carbonyl (C=O) groups is 2. The van der Waals surface area contributed by atoms with Crippen molar-refractivity contribution in [2.45, 2.75) is 19.9 Å². The molecule has 0 unspecified atom stereocenters. The maximum Gasteiger partial charge on any atom is 0.256 e. The summed E-state index contributed by atoms with van der Waals surface area (Å²) in [6.07, 6.45) is 0. The quantitative estimate of drug-likeness (QED) is 0.906. The number of nitrogens with zero attached hydrogens (tertiary/aromatic N) is 2. The first kappa shape index (κ1) is 17.3. The summed E-state index contributed by atoms with van der Waals surface area (Å²) >= 11 is 0. The van der Waals surface area contributed by atoms with E-state index in [0.29, 0.717) is 32.2 Å². The summed E-state index contributed by atoms with van der Waals surface area (Å²) in [7, 11) is 0. The summed E-state index contributed by atoms with van der Waals surface area (Å²) in [5.74, 6) is -2.06. The number of piperazine rings is 1. The van der Waals surface area contributed by atoms with Gasteiger partial charge in [-0.2, -0.15) is 0 Å². The van der Waals surface area contributed by atoms with E-state index < -0.39 is 17.5 Å². The fourth-order valence-corrected chi connectivity index (χ4v) is 2.51. The highest BCUT2D eigenvalue weighted by Crippen LogP contribution is 2.14. The highest BCUT2D eigenvalue weighted by atomic mass is 19.1. The smallest absolute Gasteiger partial charge is 0.256 e. The summed E-state index contributed by atoms with van der Waals surface area (Å²) in [5.41, 5.74) is -0.127. The van der Waals surface area contributed by atoms with Crippen molar-refractivity contribution in [2.24, 2.45) is 0 Å². The number of halogens is 2. The van der Waals surface area contributed by atoms with Gasteiger partial charge in [0.2, 0.25) is 5.91 Å². The van der Waals surface area contributed by atoms with Crippen LogP contribution in [0.15, 0.2) is 18.2 Å². The van der Waals surface area contributed by atoms with Gasteiger partial charge in [0.05, 0.1) is 12.1 Å². The van der Waals surface area contributed by atoms with Crippen molar-refractivity contribution < 1.29 is 18.4 Å². The zero-order chi connectivity index (χ0) is 17.0. The van der Waals surface area contributed by atoms with Crippen LogP contribution in [0.5, 0.6) is 0 Å². The SMILES string of the molecule is CC(C)NC(=O)CN1CCN(C(=O)c2ccc(F)cc2F)CC1. The molecule has 0 saturated carbocycles. The highest BCUT2D eigenvalue weighted by molar-refractivity contribution is 5.94. The van der Waals surface area contributed by atoms with Crippen molar-refractivity contribution in [3.05, 3.63) is 35.4 Å². The Hall–Kier alpha value is -2.02. The lowest BCUT2D eigenvalue weighted by Crippen LogP contribution is -2.51.